The summed E-state index contributed by atoms with van der Waals surface area (Å²) in [7, 11) is 0. The number of rotatable bonds is 3. The average molecular weight is 282 g/mol. The van der Waals surface area contributed by atoms with Crippen molar-refractivity contribution in [3.63, 3.8) is 0 Å². The van der Waals surface area contributed by atoms with Crippen LogP contribution < -0.4 is 5.32 Å². The van der Waals surface area contributed by atoms with E-state index in [0.29, 0.717) is 10.4 Å². The highest BCUT2D eigenvalue weighted by molar-refractivity contribution is 9.10. The minimum Gasteiger partial charge on any atom is -0.309 e. The van der Waals surface area contributed by atoms with Gasteiger partial charge in [-0.15, -0.1) is 5.10 Å². The topological polar surface area (TPSA) is 72.7 Å². The molecule has 0 aliphatic carbocycles. The van der Waals surface area contributed by atoms with Crippen molar-refractivity contribution in [3.05, 3.63) is 35.2 Å². The maximum absolute atomic E-state index is 11.5. The number of hydrogen-bond acceptors (Lipinski definition) is 4. The van der Waals surface area contributed by atoms with Crippen molar-refractivity contribution >= 4 is 27.7 Å². The SMILES string of the molecule is O=C(Cn1ccnn1)Nc1cccc(Br)n1. The molecule has 0 aliphatic rings. The summed E-state index contributed by atoms with van der Waals surface area (Å²) in [5.41, 5.74) is 0. The van der Waals surface area contributed by atoms with Gasteiger partial charge in [-0.25, -0.2) is 9.67 Å². The van der Waals surface area contributed by atoms with Crippen LogP contribution in [0.25, 0.3) is 0 Å². The molecule has 7 heteroatoms. The number of pyridine rings is 1. The molecule has 82 valence electrons. The van der Waals surface area contributed by atoms with Crippen LogP contribution in [0.5, 0.6) is 0 Å². The summed E-state index contributed by atoms with van der Waals surface area (Å²) >= 11 is 3.22. The summed E-state index contributed by atoms with van der Waals surface area (Å²) in [6, 6.07) is 5.29. The molecule has 1 N–H and O–H groups in total. The molecule has 1 amide bonds. The summed E-state index contributed by atoms with van der Waals surface area (Å²) in [6.45, 7) is 0.119. The molecule has 2 heterocycles. The summed E-state index contributed by atoms with van der Waals surface area (Å²) < 4.78 is 2.11. The van der Waals surface area contributed by atoms with Crippen LogP contribution in [0, 0.1) is 0 Å². The van der Waals surface area contributed by atoms with Crippen LogP contribution in [0.15, 0.2) is 35.2 Å². The minimum absolute atomic E-state index is 0.119. The largest absolute Gasteiger partial charge is 0.309 e. The number of nitrogens with one attached hydrogen (secondary N) is 1. The molecule has 0 fully saturated rings. The van der Waals surface area contributed by atoms with Gasteiger partial charge in [0.1, 0.15) is 17.0 Å². The summed E-state index contributed by atoms with van der Waals surface area (Å²) in [6.07, 6.45) is 3.14. The first-order valence-electron chi connectivity index (χ1n) is 4.50. The molecule has 16 heavy (non-hydrogen) atoms. The maximum atomic E-state index is 11.5. The number of hydrogen-bond donors (Lipinski definition) is 1. The third-order valence-corrected chi connectivity index (χ3v) is 2.20. The van der Waals surface area contributed by atoms with Gasteiger partial charge in [-0.3, -0.25) is 4.79 Å². The van der Waals surface area contributed by atoms with Crippen molar-refractivity contribution in [2.45, 2.75) is 6.54 Å². The van der Waals surface area contributed by atoms with Gasteiger partial charge in [-0.05, 0) is 28.1 Å². The molecule has 0 atom stereocenters. The lowest BCUT2D eigenvalue weighted by Crippen LogP contribution is -2.19. The van der Waals surface area contributed by atoms with Crippen molar-refractivity contribution in [1.29, 1.82) is 0 Å². The summed E-state index contributed by atoms with van der Waals surface area (Å²) in [4.78, 5) is 15.6. The Bertz CT molecular complexity index is 484. The van der Waals surface area contributed by atoms with E-state index in [1.54, 1.807) is 24.4 Å². The van der Waals surface area contributed by atoms with E-state index in [2.05, 4.69) is 36.5 Å². The van der Waals surface area contributed by atoms with Gasteiger partial charge >= 0.3 is 0 Å². The number of anilines is 1. The molecule has 0 radical (unpaired) electrons. The van der Waals surface area contributed by atoms with Gasteiger partial charge in [0, 0.05) is 6.20 Å². The second-order valence-corrected chi connectivity index (χ2v) is 3.81. The number of halogens is 1. The number of carbonyl (C=O) groups is 1. The fourth-order valence-electron chi connectivity index (χ4n) is 1.12. The van der Waals surface area contributed by atoms with Crippen LogP contribution in [0.3, 0.4) is 0 Å². The van der Waals surface area contributed by atoms with E-state index in [1.807, 2.05) is 0 Å². The van der Waals surface area contributed by atoms with Crippen molar-refractivity contribution in [1.82, 2.24) is 20.0 Å². The van der Waals surface area contributed by atoms with Gasteiger partial charge in [0.25, 0.3) is 0 Å². The van der Waals surface area contributed by atoms with E-state index in [-0.39, 0.29) is 12.5 Å². The molecule has 0 saturated carbocycles. The van der Waals surface area contributed by atoms with E-state index in [0.717, 1.165) is 0 Å². The van der Waals surface area contributed by atoms with Gasteiger partial charge in [0.05, 0.1) is 6.20 Å². The molecule has 0 unspecified atom stereocenters. The Balaban J connectivity index is 1.97. The Labute approximate surface area is 99.8 Å². The first kappa shape index (κ1) is 10.7. The molecule has 6 nitrogen and oxygen atoms in total. The van der Waals surface area contributed by atoms with Gasteiger partial charge in [0.15, 0.2) is 0 Å². The molecule has 0 aromatic carbocycles. The molecule has 2 rings (SSSR count). The van der Waals surface area contributed by atoms with E-state index in [9.17, 15) is 4.79 Å². The average Bonchev–Trinajstić information content (AvgIpc) is 2.70. The van der Waals surface area contributed by atoms with Crippen LogP contribution in [0.1, 0.15) is 0 Å². The van der Waals surface area contributed by atoms with Gasteiger partial charge < -0.3 is 5.32 Å². The van der Waals surface area contributed by atoms with Gasteiger partial charge in [-0.2, -0.15) is 0 Å². The van der Waals surface area contributed by atoms with Crippen molar-refractivity contribution in [3.8, 4) is 0 Å². The predicted octanol–water partition coefficient (Wildman–Crippen LogP) is 1.07. The van der Waals surface area contributed by atoms with Crippen LogP contribution in [-0.4, -0.2) is 25.9 Å². The first-order chi connectivity index (χ1) is 7.74. The third kappa shape index (κ3) is 2.86. The lowest BCUT2D eigenvalue weighted by Gasteiger charge is -2.03. The second kappa shape index (κ2) is 4.84. The summed E-state index contributed by atoms with van der Waals surface area (Å²) in [5.74, 6) is 0.301. The van der Waals surface area contributed by atoms with Crippen molar-refractivity contribution < 1.29 is 4.79 Å². The standard InChI is InChI=1S/C9H8BrN5O/c10-7-2-1-3-8(12-7)13-9(16)6-15-5-4-11-14-15/h1-5H,6H2,(H,12,13,16). The molecule has 0 bridgehead atoms. The molecule has 0 aliphatic heterocycles. The van der Waals surface area contributed by atoms with Gasteiger partial charge in [-0.1, -0.05) is 11.3 Å². The molecule has 2 aromatic heterocycles. The van der Waals surface area contributed by atoms with E-state index in [1.165, 1.54) is 10.9 Å². The molecule has 0 spiro atoms. The third-order valence-electron chi connectivity index (χ3n) is 1.76. The molecular formula is C9H8BrN5O. The molecule has 2 aromatic rings. The second-order valence-electron chi connectivity index (χ2n) is 2.99. The highest BCUT2D eigenvalue weighted by Crippen LogP contribution is 2.09. The summed E-state index contributed by atoms with van der Waals surface area (Å²) in [5, 5.41) is 9.95. The number of nitrogens with zero attached hydrogens (tertiary/aromatic N) is 4. The highest BCUT2D eigenvalue weighted by Gasteiger charge is 2.04. The fraction of sp³-hybridized carbons (Fsp3) is 0.111. The van der Waals surface area contributed by atoms with Crippen LogP contribution in [0.2, 0.25) is 0 Å². The number of aromatic nitrogens is 4. The number of amides is 1. The van der Waals surface area contributed by atoms with Crippen molar-refractivity contribution in [2.24, 2.45) is 0 Å². The number of carbonyl (C=O) groups excluding carboxylic acids is 1. The zero-order valence-corrected chi connectivity index (χ0v) is 9.75. The van der Waals surface area contributed by atoms with E-state index >= 15 is 0 Å². The van der Waals surface area contributed by atoms with E-state index in [4.69, 9.17) is 0 Å². The smallest absolute Gasteiger partial charge is 0.247 e. The Kier molecular flexibility index (Phi) is 3.25. The molecular weight excluding hydrogens is 274 g/mol. The van der Waals surface area contributed by atoms with Crippen LogP contribution >= 0.6 is 15.9 Å². The monoisotopic (exact) mass is 281 g/mol. The zero-order chi connectivity index (χ0) is 11.4. The maximum Gasteiger partial charge on any atom is 0.247 e. The fourth-order valence-corrected chi connectivity index (χ4v) is 1.47. The Morgan fingerprint density at radius 3 is 3.06 bits per heavy atom. The zero-order valence-electron chi connectivity index (χ0n) is 8.17. The molecule has 0 saturated heterocycles. The lowest BCUT2D eigenvalue weighted by atomic mass is 10.4. The van der Waals surface area contributed by atoms with Gasteiger partial charge in [0.2, 0.25) is 5.91 Å². The highest BCUT2D eigenvalue weighted by atomic mass is 79.9. The Hall–Kier alpha value is -1.76. The van der Waals surface area contributed by atoms with Crippen molar-refractivity contribution in [2.75, 3.05) is 5.32 Å². The quantitative estimate of drug-likeness (QED) is 0.855. The van der Waals surface area contributed by atoms with Crippen LogP contribution in [0.4, 0.5) is 5.82 Å². The Morgan fingerprint density at radius 1 is 1.50 bits per heavy atom. The predicted molar refractivity (Wildman–Crippen MR) is 60.6 cm³/mol. The first-order valence-corrected chi connectivity index (χ1v) is 5.30. The lowest BCUT2D eigenvalue weighted by molar-refractivity contribution is -0.116. The van der Waals surface area contributed by atoms with E-state index < -0.39 is 0 Å². The normalized spacial score (nSPS) is 10.1. The van der Waals surface area contributed by atoms with Crippen LogP contribution in [-0.2, 0) is 11.3 Å². The minimum atomic E-state index is -0.198. The Morgan fingerprint density at radius 2 is 2.38 bits per heavy atom.